The number of aliphatic carboxylic acids is 3. The minimum Gasteiger partial charge on any atom is -0.481 e. The van der Waals surface area contributed by atoms with E-state index in [0.717, 1.165) is 38.5 Å². The first kappa shape index (κ1) is 54.1. The number of alkyl halides is 1. The van der Waals surface area contributed by atoms with Crippen molar-refractivity contribution >= 4 is 63.4 Å². The molecule has 334 valence electrons. The van der Waals surface area contributed by atoms with Gasteiger partial charge in [-0.05, 0) is 38.5 Å². The third kappa shape index (κ3) is 35.3. The first-order chi connectivity index (χ1) is 27.8. The van der Waals surface area contributed by atoms with Crippen molar-refractivity contribution in [3.8, 4) is 0 Å². The molecule has 58 heavy (non-hydrogen) atoms. The van der Waals surface area contributed by atoms with E-state index in [4.69, 9.17) is 24.1 Å². The van der Waals surface area contributed by atoms with Crippen molar-refractivity contribution in [1.29, 1.82) is 0 Å². The van der Waals surface area contributed by atoms with E-state index in [-0.39, 0.29) is 127 Å². The van der Waals surface area contributed by atoms with E-state index in [9.17, 15) is 48.6 Å². The van der Waals surface area contributed by atoms with Gasteiger partial charge in [0.15, 0.2) is 0 Å². The summed E-state index contributed by atoms with van der Waals surface area (Å²) in [7, 11) is 0. The van der Waals surface area contributed by atoms with E-state index < -0.39 is 35.9 Å². The first-order valence-corrected chi connectivity index (χ1v) is 20.9. The van der Waals surface area contributed by atoms with Crippen LogP contribution in [0.4, 0.5) is 0 Å². The Kier molecular flexibility index (Phi) is 34.8. The summed E-state index contributed by atoms with van der Waals surface area (Å²) in [5.41, 5.74) is 0. The molecule has 0 bridgehead atoms. The van der Waals surface area contributed by atoms with E-state index in [0.29, 0.717) is 32.2 Å². The van der Waals surface area contributed by atoms with E-state index in [1.807, 2.05) is 0 Å². The number of carboxylic acid groups (broad SMARTS) is 3. The van der Waals surface area contributed by atoms with Gasteiger partial charge < -0.3 is 60.9 Å². The van der Waals surface area contributed by atoms with Crippen molar-refractivity contribution < 1.29 is 72.6 Å². The largest absolute Gasteiger partial charge is 0.481 e. The molecule has 0 aliphatic carbocycles. The Morgan fingerprint density at radius 2 is 0.897 bits per heavy atom. The predicted octanol–water partition coefficient (Wildman–Crippen LogP) is 0.871. The lowest BCUT2D eigenvalue weighted by Crippen LogP contribution is -2.42. The number of carbonyl (C=O) groups is 8. The quantitative estimate of drug-likeness (QED) is 0.0313. The molecule has 0 aromatic carbocycles. The highest BCUT2D eigenvalue weighted by Crippen LogP contribution is 2.11. The zero-order chi connectivity index (χ0) is 43.2. The topological polar surface area (TPSA) is 294 Å². The molecular formula is C37H64BrN5O15. The molecule has 0 aromatic heterocycles. The Balaban J connectivity index is 3.77. The third-order valence-electron chi connectivity index (χ3n) is 8.18. The average molecular weight is 899 g/mol. The second-order valence-corrected chi connectivity index (χ2v) is 13.7. The van der Waals surface area contributed by atoms with E-state index in [1.165, 1.54) is 0 Å². The van der Waals surface area contributed by atoms with E-state index in [2.05, 4.69) is 42.5 Å². The lowest BCUT2D eigenvalue weighted by atomic mass is 10.1. The van der Waals surface area contributed by atoms with Gasteiger partial charge in [0.1, 0.15) is 25.3 Å². The van der Waals surface area contributed by atoms with Crippen LogP contribution in [0.1, 0.15) is 96.3 Å². The number of amides is 5. The maximum Gasteiger partial charge on any atom is 0.326 e. The lowest BCUT2D eigenvalue weighted by molar-refractivity contribution is -0.143. The first-order valence-electron chi connectivity index (χ1n) is 19.8. The van der Waals surface area contributed by atoms with Crippen molar-refractivity contribution in [3.05, 3.63) is 0 Å². The van der Waals surface area contributed by atoms with Gasteiger partial charge >= 0.3 is 17.9 Å². The molecule has 0 fully saturated rings. The molecule has 0 rings (SSSR count). The van der Waals surface area contributed by atoms with Crippen LogP contribution < -0.4 is 26.6 Å². The molecule has 20 nitrogen and oxygen atoms in total. The second-order valence-electron chi connectivity index (χ2n) is 13.2. The number of hydrogen-bond acceptors (Lipinski definition) is 12. The smallest absolute Gasteiger partial charge is 0.326 e. The number of carboxylic acids is 3. The summed E-state index contributed by atoms with van der Waals surface area (Å²) in [6.45, 7) is 1.12. The Morgan fingerprint density at radius 3 is 1.45 bits per heavy atom. The highest BCUT2D eigenvalue weighted by molar-refractivity contribution is 9.09. The molecule has 0 aromatic rings. The summed E-state index contributed by atoms with van der Waals surface area (Å²) < 4.78 is 21.1. The number of nitrogens with one attached hydrogen (secondary N) is 5. The fraction of sp³-hybridized carbons (Fsp3) is 0.784. The Labute approximate surface area is 348 Å². The van der Waals surface area contributed by atoms with Crippen LogP contribution in [0.3, 0.4) is 0 Å². The molecule has 21 heteroatoms. The molecule has 0 saturated carbocycles. The van der Waals surface area contributed by atoms with Gasteiger partial charge in [-0.3, -0.25) is 28.8 Å². The van der Waals surface area contributed by atoms with Crippen LogP contribution in [-0.4, -0.2) is 153 Å². The normalized spacial score (nSPS) is 11.9. The van der Waals surface area contributed by atoms with Gasteiger partial charge in [0.2, 0.25) is 29.5 Å². The molecule has 8 N–H and O–H groups in total. The van der Waals surface area contributed by atoms with Gasteiger partial charge in [-0.25, -0.2) is 9.59 Å². The number of halogens is 1. The molecule has 0 heterocycles. The van der Waals surface area contributed by atoms with E-state index in [1.54, 1.807) is 0 Å². The number of unbranched alkanes of at least 4 members (excludes halogenated alkanes) is 8. The Hall–Kier alpha value is -3.92. The fourth-order valence-corrected chi connectivity index (χ4v) is 5.30. The number of hydrogen-bond donors (Lipinski definition) is 8. The molecule has 5 amide bonds. The monoisotopic (exact) mass is 897 g/mol. The summed E-state index contributed by atoms with van der Waals surface area (Å²) in [6, 6.07) is -2.24. The fourth-order valence-electron chi connectivity index (χ4n) is 5.10. The van der Waals surface area contributed by atoms with Crippen molar-refractivity contribution in [2.24, 2.45) is 0 Å². The van der Waals surface area contributed by atoms with Gasteiger partial charge in [-0.2, -0.15) is 0 Å². The highest BCUT2D eigenvalue weighted by Gasteiger charge is 2.21. The minimum atomic E-state index is -1.22. The zero-order valence-electron chi connectivity index (χ0n) is 33.4. The standard InChI is InChI=1S/C37H64BrN5O15/c38-25-32(46)39-16-10-9-11-28(36(51)52)43-34(48)27-58-24-22-56-20-18-41-33(47)26-57-23-21-55-19-17-40-30(44)15-14-29(37(53)54)42-31(45)12-7-5-3-1-2-4-6-8-13-35(49)50/h28-29H,1-27H2,(H,39,46)(H,40,44)(H,41,47)(H,42,45)(H,43,48)(H,49,50)(H,51,52)(H,53,54)/t28-,29-/m0/s1. The summed E-state index contributed by atoms with van der Waals surface area (Å²) in [4.78, 5) is 92.9. The molecule has 0 spiro atoms. The zero-order valence-corrected chi connectivity index (χ0v) is 35.0. The molecule has 0 unspecified atom stereocenters. The molecule has 2 atom stereocenters. The summed E-state index contributed by atoms with van der Waals surface area (Å²) in [5, 5.41) is 40.3. The molecule has 0 aliphatic rings. The lowest BCUT2D eigenvalue weighted by Gasteiger charge is -2.14. The molecule has 0 aliphatic heterocycles. The van der Waals surface area contributed by atoms with Crippen LogP contribution >= 0.6 is 15.9 Å². The SMILES string of the molecule is O=C(O)CCCCCCCCCCC(=O)N[C@@H](CCC(=O)NCCOCCOCC(=O)NCCOCCOCC(=O)N[C@@H](CCCCNC(=O)CBr)C(=O)O)C(=O)O. The van der Waals surface area contributed by atoms with Crippen molar-refractivity contribution in [3.63, 3.8) is 0 Å². The van der Waals surface area contributed by atoms with Crippen LogP contribution in [0, 0.1) is 0 Å². The molecular weight excluding hydrogens is 834 g/mol. The highest BCUT2D eigenvalue weighted by atomic mass is 79.9. The Bertz CT molecular complexity index is 1210. The Morgan fingerprint density at radius 1 is 0.431 bits per heavy atom. The van der Waals surface area contributed by atoms with Gasteiger partial charge in [-0.1, -0.05) is 54.5 Å². The van der Waals surface area contributed by atoms with Crippen LogP contribution in [0.5, 0.6) is 0 Å². The van der Waals surface area contributed by atoms with Crippen molar-refractivity contribution in [2.45, 2.75) is 108 Å². The maximum atomic E-state index is 12.2. The van der Waals surface area contributed by atoms with Crippen LogP contribution in [0.2, 0.25) is 0 Å². The van der Waals surface area contributed by atoms with Gasteiger partial charge in [-0.15, -0.1) is 0 Å². The van der Waals surface area contributed by atoms with Crippen LogP contribution in [0.25, 0.3) is 0 Å². The average Bonchev–Trinajstić information content (AvgIpc) is 3.17. The van der Waals surface area contributed by atoms with Crippen LogP contribution in [0.15, 0.2) is 0 Å². The summed E-state index contributed by atoms with van der Waals surface area (Å²) >= 11 is 3.03. The minimum absolute atomic E-state index is 0.0604. The van der Waals surface area contributed by atoms with Gasteiger partial charge in [0.05, 0.1) is 45.0 Å². The number of ether oxygens (including phenoxy) is 4. The molecule has 0 radical (unpaired) electrons. The van der Waals surface area contributed by atoms with Crippen molar-refractivity contribution in [2.75, 3.05) is 77.8 Å². The van der Waals surface area contributed by atoms with Gasteiger partial charge in [0.25, 0.3) is 0 Å². The predicted molar refractivity (Wildman–Crippen MR) is 212 cm³/mol. The summed E-state index contributed by atoms with van der Waals surface area (Å²) in [6.07, 6.45) is 8.47. The van der Waals surface area contributed by atoms with Crippen molar-refractivity contribution in [1.82, 2.24) is 26.6 Å². The maximum absolute atomic E-state index is 12.2. The number of rotatable bonds is 40. The summed E-state index contributed by atoms with van der Waals surface area (Å²) in [5.74, 6) is -5.03. The second kappa shape index (κ2) is 37.4. The van der Waals surface area contributed by atoms with Crippen LogP contribution in [-0.2, 0) is 57.3 Å². The molecule has 0 saturated heterocycles. The van der Waals surface area contributed by atoms with Gasteiger partial charge in [0, 0.05) is 38.9 Å². The van der Waals surface area contributed by atoms with E-state index >= 15 is 0 Å². The third-order valence-corrected chi connectivity index (χ3v) is 8.69. The number of carbonyl (C=O) groups excluding carboxylic acids is 5.